The van der Waals surface area contributed by atoms with Crippen molar-refractivity contribution in [3.05, 3.63) is 58.5 Å². The van der Waals surface area contributed by atoms with Crippen LogP contribution in [0.4, 0.5) is 5.69 Å². The minimum atomic E-state index is -0.115. The van der Waals surface area contributed by atoms with Gasteiger partial charge >= 0.3 is 0 Å². The summed E-state index contributed by atoms with van der Waals surface area (Å²) >= 11 is 0. The molecule has 4 rings (SSSR count). The Kier molecular flexibility index (Phi) is 6.18. The number of hydrogen-bond donors (Lipinski definition) is 0. The third-order valence-electron chi connectivity index (χ3n) is 6.29. The second-order valence-corrected chi connectivity index (χ2v) is 8.58. The monoisotopic (exact) mass is 409 g/mol. The highest BCUT2D eigenvalue weighted by Crippen LogP contribution is 2.24. The third kappa shape index (κ3) is 4.56. The molecule has 0 bridgehead atoms. The summed E-state index contributed by atoms with van der Waals surface area (Å²) in [5.74, 6) is 0.258. The molecule has 2 fully saturated rings. The fraction of sp³-hybridized carbons (Fsp3) is 0.522. The molecule has 30 heavy (non-hydrogen) atoms. The maximum Gasteiger partial charge on any atom is 0.269 e. The van der Waals surface area contributed by atoms with Crippen LogP contribution in [0.1, 0.15) is 25.8 Å². The number of benzene rings is 1. The van der Waals surface area contributed by atoms with Gasteiger partial charge in [0.25, 0.3) is 5.56 Å². The van der Waals surface area contributed by atoms with Crippen molar-refractivity contribution in [1.82, 2.24) is 19.6 Å². The van der Waals surface area contributed by atoms with Crippen LogP contribution in [0.15, 0.2) is 47.4 Å². The van der Waals surface area contributed by atoms with Crippen molar-refractivity contribution in [3.8, 4) is 0 Å². The zero-order valence-electron chi connectivity index (χ0n) is 17.9. The fourth-order valence-electron chi connectivity index (χ4n) is 4.39. The highest BCUT2D eigenvalue weighted by atomic mass is 16.2. The largest absolute Gasteiger partial charge is 0.369 e. The van der Waals surface area contributed by atoms with Crippen LogP contribution in [0.5, 0.6) is 0 Å². The molecular weight excluding hydrogens is 378 g/mol. The van der Waals surface area contributed by atoms with Crippen molar-refractivity contribution in [2.45, 2.75) is 32.9 Å². The molecule has 7 nitrogen and oxygen atoms in total. The van der Waals surface area contributed by atoms with Crippen molar-refractivity contribution >= 4 is 11.6 Å². The number of nitrogens with zero attached hydrogens (tertiary/aromatic N) is 5. The molecule has 3 heterocycles. The molecule has 2 aliphatic heterocycles. The molecule has 2 saturated heterocycles. The minimum Gasteiger partial charge on any atom is -0.369 e. The number of piperazine rings is 1. The maximum absolute atomic E-state index is 13.0. The van der Waals surface area contributed by atoms with E-state index in [2.05, 4.69) is 28.7 Å². The Hall–Kier alpha value is -2.67. The maximum atomic E-state index is 13.0. The molecule has 1 amide bonds. The summed E-state index contributed by atoms with van der Waals surface area (Å²) in [7, 11) is 0. The number of amides is 1. The number of rotatable bonds is 5. The number of anilines is 1. The van der Waals surface area contributed by atoms with E-state index in [-0.39, 0.29) is 17.4 Å². The number of hydrogen-bond acceptors (Lipinski definition) is 5. The Morgan fingerprint density at radius 3 is 2.50 bits per heavy atom. The summed E-state index contributed by atoms with van der Waals surface area (Å²) in [6.07, 6.45) is 2.58. The first-order chi connectivity index (χ1) is 14.5. The smallest absolute Gasteiger partial charge is 0.269 e. The summed E-state index contributed by atoms with van der Waals surface area (Å²) in [4.78, 5) is 32.1. The first-order valence-electron chi connectivity index (χ1n) is 10.9. The molecule has 160 valence electrons. The van der Waals surface area contributed by atoms with Crippen molar-refractivity contribution in [3.63, 3.8) is 0 Å². The predicted octanol–water partition coefficient (Wildman–Crippen LogP) is 1.67. The van der Waals surface area contributed by atoms with Crippen molar-refractivity contribution < 1.29 is 4.79 Å². The van der Waals surface area contributed by atoms with Crippen molar-refractivity contribution in [1.29, 1.82) is 0 Å². The lowest BCUT2D eigenvalue weighted by Crippen LogP contribution is -2.52. The Bertz CT molecular complexity index is 919. The van der Waals surface area contributed by atoms with Gasteiger partial charge in [0.2, 0.25) is 5.91 Å². The summed E-state index contributed by atoms with van der Waals surface area (Å²) in [6, 6.07) is 12.0. The molecule has 2 aliphatic rings. The minimum absolute atomic E-state index is 0.00218. The first kappa shape index (κ1) is 20.6. The van der Waals surface area contributed by atoms with E-state index in [0.29, 0.717) is 19.1 Å². The lowest BCUT2D eigenvalue weighted by Gasteiger charge is -2.37. The summed E-state index contributed by atoms with van der Waals surface area (Å²) in [5.41, 5.74) is 1.74. The van der Waals surface area contributed by atoms with E-state index in [0.717, 1.165) is 50.4 Å². The Morgan fingerprint density at radius 2 is 1.83 bits per heavy atom. The molecule has 7 heteroatoms. The van der Waals surface area contributed by atoms with Crippen LogP contribution in [0.3, 0.4) is 0 Å². The molecule has 1 aromatic heterocycles. The zero-order valence-corrected chi connectivity index (χ0v) is 17.9. The van der Waals surface area contributed by atoms with E-state index >= 15 is 0 Å². The average molecular weight is 410 g/mol. The highest BCUT2D eigenvalue weighted by molar-refractivity contribution is 5.80. The van der Waals surface area contributed by atoms with Crippen LogP contribution >= 0.6 is 0 Å². The van der Waals surface area contributed by atoms with E-state index in [1.54, 1.807) is 12.3 Å². The van der Waals surface area contributed by atoms with Crippen LogP contribution in [0.25, 0.3) is 0 Å². The molecule has 1 aromatic carbocycles. The van der Waals surface area contributed by atoms with Crippen LogP contribution < -0.4 is 10.5 Å². The predicted molar refractivity (Wildman–Crippen MR) is 118 cm³/mol. The van der Waals surface area contributed by atoms with E-state index in [1.165, 1.54) is 4.68 Å². The quantitative estimate of drug-likeness (QED) is 0.752. The summed E-state index contributed by atoms with van der Waals surface area (Å²) in [6.45, 7) is 9.83. The van der Waals surface area contributed by atoms with Gasteiger partial charge in [-0.05, 0) is 25.8 Å². The zero-order chi connectivity index (χ0) is 21.1. The van der Waals surface area contributed by atoms with Crippen LogP contribution in [0.2, 0.25) is 0 Å². The van der Waals surface area contributed by atoms with E-state index in [9.17, 15) is 9.59 Å². The standard InChI is InChI=1S/C23H31N5O2/c1-18(2)25-10-12-26(13-11-25)23(30)20-8-9-27(17-20)21-14-22(29)28(24-15-21)16-19-6-4-3-5-7-19/h3-7,14-15,18,20H,8-13,16-17H2,1-2H3. The van der Waals surface area contributed by atoms with Gasteiger partial charge in [-0.25, -0.2) is 4.68 Å². The second kappa shape index (κ2) is 9.00. The lowest BCUT2D eigenvalue weighted by atomic mass is 10.1. The van der Waals surface area contributed by atoms with Gasteiger partial charge in [0, 0.05) is 51.4 Å². The van der Waals surface area contributed by atoms with Gasteiger partial charge in [0.15, 0.2) is 0 Å². The molecule has 1 unspecified atom stereocenters. The molecule has 0 saturated carbocycles. The van der Waals surface area contributed by atoms with Gasteiger partial charge < -0.3 is 9.80 Å². The number of carbonyl (C=O) groups is 1. The number of aromatic nitrogens is 2. The average Bonchev–Trinajstić information content (AvgIpc) is 3.26. The van der Waals surface area contributed by atoms with Gasteiger partial charge in [0.1, 0.15) is 0 Å². The van der Waals surface area contributed by atoms with Gasteiger partial charge in [0.05, 0.1) is 24.3 Å². The Morgan fingerprint density at radius 1 is 1.10 bits per heavy atom. The topological polar surface area (TPSA) is 61.7 Å². The highest BCUT2D eigenvalue weighted by Gasteiger charge is 2.33. The summed E-state index contributed by atoms with van der Waals surface area (Å²) < 4.78 is 1.48. The van der Waals surface area contributed by atoms with E-state index < -0.39 is 0 Å². The lowest BCUT2D eigenvalue weighted by molar-refractivity contribution is -0.136. The van der Waals surface area contributed by atoms with Crippen molar-refractivity contribution in [2.75, 3.05) is 44.2 Å². The Balaban J connectivity index is 1.36. The Labute approximate surface area is 177 Å². The first-order valence-corrected chi connectivity index (χ1v) is 10.9. The molecule has 0 radical (unpaired) electrons. The van der Waals surface area contributed by atoms with E-state index in [1.807, 2.05) is 35.2 Å². The summed E-state index contributed by atoms with van der Waals surface area (Å²) in [5, 5.41) is 4.36. The van der Waals surface area contributed by atoms with Gasteiger partial charge in [-0.2, -0.15) is 5.10 Å². The van der Waals surface area contributed by atoms with Crippen LogP contribution in [0, 0.1) is 5.92 Å². The number of carbonyl (C=O) groups excluding carboxylic acids is 1. The molecule has 0 N–H and O–H groups in total. The van der Waals surface area contributed by atoms with Gasteiger partial charge in [-0.1, -0.05) is 30.3 Å². The second-order valence-electron chi connectivity index (χ2n) is 8.58. The van der Waals surface area contributed by atoms with E-state index in [4.69, 9.17) is 0 Å². The van der Waals surface area contributed by atoms with Crippen LogP contribution in [-0.4, -0.2) is 70.8 Å². The fourth-order valence-corrected chi connectivity index (χ4v) is 4.39. The van der Waals surface area contributed by atoms with Crippen LogP contribution in [-0.2, 0) is 11.3 Å². The molecule has 1 atom stereocenters. The third-order valence-corrected chi connectivity index (χ3v) is 6.29. The molecule has 0 spiro atoms. The normalized spacial score (nSPS) is 20.2. The molecule has 2 aromatic rings. The van der Waals surface area contributed by atoms with Gasteiger partial charge in [-0.15, -0.1) is 0 Å². The molecule has 0 aliphatic carbocycles. The van der Waals surface area contributed by atoms with Crippen molar-refractivity contribution in [2.24, 2.45) is 5.92 Å². The van der Waals surface area contributed by atoms with Gasteiger partial charge in [-0.3, -0.25) is 14.5 Å². The SMILES string of the molecule is CC(C)N1CCN(C(=O)C2CCN(c3cnn(Cc4ccccc4)c(=O)c3)C2)CC1. The molecular formula is C23H31N5O2.